The van der Waals surface area contributed by atoms with Crippen LogP contribution in [0.1, 0.15) is 24.6 Å². The first-order valence-electron chi connectivity index (χ1n) is 8.78. The molecule has 1 amide bonds. The van der Waals surface area contributed by atoms with E-state index in [1.165, 1.54) is 6.08 Å². The lowest BCUT2D eigenvalue weighted by Gasteiger charge is -2.07. The van der Waals surface area contributed by atoms with E-state index < -0.39 is 16.1 Å². The molecule has 2 N–H and O–H groups in total. The highest BCUT2D eigenvalue weighted by molar-refractivity contribution is 7.88. The summed E-state index contributed by atoms with van der Waals surface area (Å²) in [6.45, 7) is 3.91. The molecular weight excluding hydrogens is 380 g/mol. The molecule has 0 aliphatic heterocycles. The Hall–Kier alpha value is -2.98. The summed E-state index contributed by atoms with van der Waals surface area (Å²) in [5.74, 6) is -0.0180. The van der Waals surface area contributed by atoms with Crippen molar-refractivity contribution in [3.05, 3.63) is 47.9 Å². The second-order valence-electron chi connectivity index (χ2n) is 6.25. The van der Waals surface area contributed by atoms with E-state index in [4.69, 9.17) is 0 Å². The smallest absolute Gasteiger partial charge is 0.285 e. The number of nitrogens with zero attached hydrogens (tertiary/aromatic N) is 4. The van der Waals surface area contributed by atoms with Crippen molar-refractivity contribution < 1.29 is 13.2 Å². The quantitative estimate of drug-likeness (QED) is 0.581. The molecule has 0 aliphatic rings. The Labute approximate surface area is 163 Å². The number of carbonyl (C=O) groups excluding carboxylic acids is 1. The van der Waals surface area contributed by atoms with Gasteiger partial charge in [0.05, 0.1) is 5.69 Å². The molecule has 0 aromatic carbocycles. The summed E-state index contributed by atoms with van der Waals surface area (Å²) >= 11 is 0. The van der Waals surface area contributed by atoms with E-state index in [0.717, 1.165) is 16.9 Å². The van der Waals surface area contributed by atoms with E-state index in [-0.39, 0.29) is 6.54 Å². The Morgan fingerprint density at radius 1 is 1.32 bits per heavy atom. The van der Waals surface area contributed by atoms with Crippen LogP contribution >= 0.6 is 0 Å². The molecule has 3 rings (SSSR count). The number of hydrogen-bond donors (Lipinski definition) is 2. The number of rotatable bonds is 7. The van der Waals surface area contributed by atoms with E-state index in [9.17, 15) is 13.2 Å². The fourth-order valence-electron chi connectivity index (χ4n) is 2.88. The first-order chi connectivity index (χ1) is 13.3. The zero-order chi connectivity index (χ0) is 20.3. The molecule has 3 heterocycles. The lowest BCUT2D eigenvalue weighted by molar-refractivity contribution is -0.114. The third kappa shape index (κ3) is 4.12. The summed E-state index contributed by atoms with van der Waals surface area (Å²) in [6, 6.07) is 5.76. The highest BCUT2D eigenvalue weighted by Crippen LogP contribution is 2.24. The Morgan fingerprint density at radius 2 is 2.11 bits per heavy atom. The molecule has 3 aromatic heterocycles. The summed E-state index contributed by atoms with van der Waals surface area (Å²) in [4.78, 5) is 16.5. The highest BCUT2D eigenvalue weighted by atomic mass is 32.2. The van der Waals surface area contributed by atoms with Gasteiger partial charge in [0, 0.05) is 43.0 Å². The minimum atomic E-state index is -3.87. The Bertz CT molecular complexity index is 1140. The van der Waals surface area contributed by atoms with Gasteiger partial charge in [-0.15, -0.1) is 0 Å². The molecular formula is C18H22N6O3S. The molecule has 28 heavy (non-hydrogen) atoms. The van der Waals surface area contributed by atoms with E-state index in [2.05, 4.69) is 14.8 Å². The third-order valence-electron chi connectivity index (χ3n) is 4.09. The van der Waals surface area contributed by atoms with Crippen molar-refractivity contribution in [2.75, 3.05) is 6.54 Å². The summed E-state index contributed by atoms with van der Waals surface area (Å²) in [6.07, 6.45) is 6.95. The largest absolute Gasteiger partial charge is 0.301 e. The normalized spacial score (nSPS) is 12.1. The first kappa shape index (κ1) is 19.8. The standard InChI is InChI=1S/C18H22N6O3S/c1-4-10-20-28(26,27)22-16(25)8-7-15-13(2)21-23(3)18(15)24-12-9-14-6-5-11-19-17(14)24/h5-9,11-12,20H,4,10H2,1-3H3,(H,22,25)/b8-7+. The van der Waals surface area contributed by atoms with Gasteiger partial charge < -0.3 is 0 Å². The van der Waals surface area contributed by atoms with Crippen LogP contribution in [0.15, 0.2) is 36.7 Å². The molecule has 10 heteroatoms. The molecule has 9 nitrogen and oxygen atoms in total. The molecule has 0 spiro atoms. The van der Waals surface area contributed by atoms with Crippen LogP contribution in [0, 0.1) is 6.92 Å². The molecule has 0 bridgehead atoms. The zero-order valence-electron chi connectivity index (χ0n) is 15.9. The summed E-state index contributed by atoms with van der Waals surface area (Å²) in [7, 11) is -2.07. The SMILES string of the molecule is CCCNS(=O)(=O)NC(=O)/C=C/c1c(C)nn(C)c1-n1ccc2cccnc21. The van der Waals surface area contributed by atoms with Crippen LogP contribution < -0.4 is 9.44 Å². The molecule has 0 radical (unpaired) electrons. The van der Waals surface area contributed by atoms with Gasteiger partial charge in [0.15, 0.2) is 0 Å². The zero-order valence-corrected chi connectivity index (χ0v) is 16.7. The molecule has 148 valence electrons. The Kier molecular flexibility index (Phi) is 5.61. The van der Waals surface area contributed by atoms with Crippen LogP contribution in [-0.2, 0) is 22.1 Å². The first-order valence-corrected chi connectivity index (χ1v) is 10.3. The van der Waals surface area contributed by atoms with E-state index in [0.29, 0.717) is 17.7 Å². The molecule has 0 saturated carbocycles. The number of fused-ring (bicyclic) bond motifs is 1. The molecule has 3 aromatic rings. The lowest BCUT2D eigenvalue weighted by atomic mass is 10.2. The van der Waals surface area contributed by atoms with Crippen LogP contribution in [0.25, 0.3) is 22.9 Å². The van der Waals surface area contributed by atoms with Gasteiger partial charge in [-0.2, -0.15) is 18.2 Å². The minimum absolute atomic E-state index is 0.256. The molecule has 0 unspecified atom stereocenters. The maximum absolute atomic E-state index is 12.1. The van der Waals surface area contributed by atoms with Crippen molar-refractivity contribution in [2.24, 2.45) is 7.05 Å². The molecule has 0 atom stereocenters. The van der Waals surface area contributed by atoms with Gasteiger partial charge in [-0.25, -0.2) is 9.71 Å². The Morgan fingerprint density at radius 3 is 2.86 bits per heavy atom. The van der Waals surface area contributed by atoms with Gasteiger partial charge >= 0.3 is 10.2 Å². The van der Waals surface area contributed by atoms with Gasteiger partial charge in [-0.1, -0.05) is 6.92 Å². The lowest BCUT2D eigenvalue weighted by Crippen LogP contribution is -2.39. The molecule has 0 aliphatic carbocycles. The fourth-order valence-corrected chi connectivity index (χ4v) is 3.76. The summed E-state index contributed by atoms with van der Waals surface area (Å²) < 4.78 is 31.4. The van der Waals surface area contributed by atoms with Gasteiger partial charge in [0.25, 0.3) is 5.91 Å². The molecule has 0 fully saturated rings. The van der Waals surface area contributed by atoms with Crippen LogP contribution in [0.2, 0.25) is 0 Å². The van der Waals surface area contributed by atoms with Gasteiger partial charge in [-0.05, 0) is 37.6 Å². The third-order valence-corrected chi connectivity index (χ3v) is 5.15. The topological polar surface area (TPSA) is 111 Å². The summed E-state index contributed by atoms with van der Waals surface area (Å²) in [5.41, 5.74) is 2.15. The van der Waals surface area contributed by atoms with Crippen molar-refractivity contribution >= 4 is 33.2 Å². The van der Waals surface area contributed by atoms with Crippen molar-refractivity contribution in [1.29, 1.82) is 0 Å². The maximum atomic E-state index is 12.1. The van der Waals surface area contributed by atoms with Crippen molar-refractivity contribution in [1.82, 2.24) is 28.8 Å². The van der Waals surface area contributed by atoms with Gasteiger partial charge in [0.2, 0.25) is 0 Å². The Balaban J connectivity index is 1.92. The number of aromatic nitrogens is 4. The second kappa shape index (κ2) is 7.95. The summed E-state index contributed by atoms with van der Waals surface area (Å²) in [5, 5.41) is 5.40. The van der Waals surface area contributed by atoms with Crippen molar-refractivity contribution in [3.63, 3.8) is 0 Å². The predicted octanol–water partition coefficient (Wildman–Crippen LogP) is 1.44. The average molecular weight is 402 g/mol. The average Bonchev–Trinajstić information content (AvgIpc) is 3.17. The van der Waals surface area contributed by atoms with E-state index in [1.807, 2.05) is 47.5 Å². The minimum Gasteiger partial charge on any atom is -0.285 e. The number of nitrogens with one attached hydrogen (secondary N) is 2. The number of aryl methyl sites for hydroxylation is 2. The number of pyridine rings is 1. The number of carbonyl (C=O) groups is 1. The number of amides is 1. The van der Waals surface area contributed by atoms with Crippen molar-refractivity contribution in [2.45, 2.75) is 20.3 Å². The fraction of sp³-hybridized carbons (Fsp3) is 0.278. The van der Waals surface area contributed by atoms with Gasteiger partial charge in [0.1, 0.15) is 11.5 Å². The van der Waals surface area contributed by atoms with E-state index >= 15 is 0 Å². The van der Waals surface area contributed by atoms with Gasteiger partial charge in [-0.3, -0.25) is 14.0 Å². The van der Waals surface area contributed by atoms with Crippen molar-refractivity contribution in [3.8, 4) is 5.82 Å². The van der Waals surface area contributed by atoms with Crippen LogP contribution in [0.4, 0.5) is 0 Å². The van der Waals surface area contributed by atoms with Crippen LogP contribution in [-0.4, -0.2) is 40.2 Å². The number of hydrogen-bond acceptors (Lipinski definition) is 5. The van der Waals surface area contributed by atoms with Crippen LogP contribution in [0.3, 0.4) is 0 Å². The molecule has 0 saturated heterocycles. The van der Waals surface area contributed by atoms with E-state index in [1.54, 1.807) is 24.0 Å². The second-order valence-corrected chi connectivity index (χ2v) is 7.75. The maximum Gasteiger partial charge on any atom is 0.301 e. The van der Waals surface area contributed by atoms with Crippen LogP contribution in [0.5, 0.6) is 0 Å². The highest BCUT2D eigenvalue weighted by Gasteiger charge is 2.16. The monoisotopic (exact) mass is 402 g/mol. The predicted molar refractivity (Wildman–Crippen MR) is 107 cm³/mol.